The lowest BCUT2D eigenvalue weighted by Crippen LogP contribution is -2.19. The summed E-state index contributed by atoms with van der Waals surface area (Å²) in [5.74, 6) is 0. The molecule has 0 radical (unpaired) electrons. The van der Waals surface area contributed by atoms with Crippen molar-refractivity contribution in [1.29, 1.82) is 0 Å². The van der Waals surface area contributed by atoms with Crippen molar-refractivity contribution in [2.24, 2.45) is 5.41 Å². The first-order valence-electron chi connectivity index (χ1n) is 8.84. The number of hydrogen-bond acceptors (Lipinski definition) is 1. The Morgan fingerprint density at radius 2 is 1.83 bits per heavy atom. The summed E-state index contributed by atoms with van der Waals surface area (Å²) in [6.07, 6.45) is 18.8. The molecule has 0 aromatic rings. The lowest BCUT2D eigenvalue weighted by Gasteiger charge is -2.33. The summed E-state index contributed by atoms with van der Waals surface area (Å²) in [7, 11) is 0. The molecule has 2 aliphatic rings. The van der Waals surface area contributed by atoms with Gasteiger partial charge in [0.25, 0.3) is 0 Å². The fourth-order valence-electron chi connectivity index (χ4n) is 3.71. The smallest absolute Gasteiger partial charge is 0.143 e. The highest BCUT2D eigenvalue weighted by Crippen LogP contribution is 2.45. The van der Waals surface area contributed by atoms with E-state index in [0.717, 1.165) is 11.9 Å². The first kappa shape index (κ1) is 17.7. The number of rotatable bonds is 4. The van der Waals surface area contributed by atoms with Gasteiger partial charge in [0.15, 0.2) is 0 Å². The molecule has 0 saturated heterocycles. The van der Waals surface area contributed by atoms with Crippen molar-refractivity contribution >= 4 is 6.29 Å². The molecule has 1 heteroatoms. The van der Waals surface area contributed by atoms with Crippen LogP contribution in [0, 0.1) is 5.41 Å². The second kappa shape index (κ2) is 7.77. The van der Waals surface area contributed by atoms with Crippen LogP contribution in [0.5, 0.6) is 0 Å². The summed E-state index contributed by atoms with van der Waals surface area (Å²) in [4.78, 5) is 10.5. The van der Waals surface area contributed by atoms with Crippen molar-refractivity contribution in [2.45, 2.75) is 66.2 Å². The summed E-state index contributed by atoms with van der Waals surface area (Å²) in [5.41, 5.74) is 7.43. The minimum Gasteiger partial charge on any atom is -0.299 e. The first-order chi connectivity index (χ1) is 10.9. The topological polar surface area (TPSA) is 17.1 Å². The van der Waals surface area contributed by atoms with Gasteiger partial charge in [0.2, 0.25) is 0 Å². The Morgan fingerprint density at radius 1 is 1.09 bits per heavy atom. The van der Waals surface area contributed by atoms with E-state index in [1.807, 2.05) is 13.0 Å². The second-order valence-corrected chi connectivity index (χ2v) is 7.53. The number of carbonyl (C=O) groups excluding carboxylic acids is 1. The van der Waals surface area contributed by atoms with Crippen LogP contribution in [0.2, 0.25) is 0 Å². The Kier molecular flexibility index (Phi) is 5.98. The van der Waals surface area contributed by atoms with Crippen LogP contribution in [0.25, 0.3) is 0 Å². The highest BCUT2D eigenvalue weighted by Gasteiger charge is 2.29. The second-order valence-electron chi connectivity index (χ2n) is 7.53. The number of hydrogen-bond donors (Lipinski definition) is 0. The maximum Gasteiger partial charge on any atom is 0.143 e. The van der Waals surface area contributed by atoms with Gasteiger partial charge in [0.1, 0.15) is 6.29 Å². The van der Waals surface area contributed by atoms with Gasteiger partial charge in [-0.15, -0.1) is 0 Å². The number of allylic oxidation sites excluding steroid dienone is 10. The molecule has 2 aliphatic carbocycles. The zero-order chi connectivity index (χ0) is 16.9. The van der Waals surface area contributed by atoms with Crippen LogP contribution in [0.3, 0.4) is 0 Å². The van der Waals surface area contributed by atoms with Gasteiger partial charge in [-0.2, -0.15) is 0 Å². The molecule has 0 unspecified atom stereocenters. The van der Waals surface area contributed by atoms with Crippen LogP contribution in [0.1, 0.15) is 66.2 Å². The molecule has 0 aromatic carbocycles. The lowest BCUT2D eigenvalue weighted by atomic mass is 9.71. The molecule has 0 amide bonds. The van der Waals surface area contributed by atoms with Gasteiger partial charge >= 0.3 is 0 Å². The van der Waals surface area contributed by atoms with Crippen LogP contribution in [-0.2, 0) is 4.79 Å². The standard InChI is InChI=1S/C22H30O/c1-17(13-15-23)8-5-9-18(2)20-11-6-10-19-12-7-14-22(3,4)21(19)16-20/h5,8-9,13,15-16H,6-7,10-12,14H2,1-4H3/b8-5+,17-13+,18-9-. The van der Waals surface area contributed by atoms with E-state index in [-0.39, 0.29) is 0 Å². The van der Waals surface area contributed by atoms with Gasteiger partial charge in [-0.05, 0) is 86.2 Å². The average molecular weight is 310 g/mol. The van der Waals surface area contributed by atoms with Gasteiger partial charge < -0.3 is 0 Å². The van der Waals surface area contributed by atoms with E-state index in [2.05, 4.69) is 39.0 Å². The molecule has 0 spiro atoms. The zero-order valence-electron chi connectivity index (χ0n) is 15.1. The third-order valence-corrected chi connectivity index (χ3v) is 5.18. The van der Waals surface area contributed by atoms with Crippen LogP contribution >= 0.6 is 0 Å². The fourth-order valence-corrected chi connectivity index (χ4v) is 3.71. The summed E-state index contributed by atoms with van der Waals surface area (Å²) in [5, 5.41) is 0. The quantitative estimate of drug-likeness (QED) is 0.341. The molecule has 0 aromatic heterocycles. The monoisotopic (exact) mass is 310 g/mol. The van der Waals surface area contributed by atoms with Gasteiger partial charge in [-0.3, -0.25) is 4.79 Å². The van der Waals surface area contributed by atoms with Crippen molar-refractivity contribution in [2.75, 3.05) is 0 Å². The molecule has 0 bridgehead atoms. The van der Waals surface area contributed by atoms with Crippen LogP contribution < -0.4 is 0 Å². The van der Waals surface area contributed by atoms with Gasteiger partial charge in [-0.25, -0.2) is 0 Å². The zero-order valence-corrected chi connectivity index (χ0v) is 15.1. The van der Waals surface area contributed by atoms with Crippen molar-refractivity contribution in [3.8, 4) is 0 Å². The Labute approximate surface area is 141 Å². The third-order valence-electron chi connectivity index (χ3n) is 5.18. The Hall–Kier alpha value is -1.63. The van der Waals surface area contributed by atoms with Gasteiger partial charge in [0.05, 0.1) is 0 Å². The highest BCUT2D eigenvalue weighted by atomic mass is 16.1. The molecule has 0 atom stereocenters. The van der Waals surface area contributed by atoms with E-state index >= 15 is 0 Å². The molecule has 0 saturated carbocycles. The van der Waals surface area contributed by atoms with E-state index in [1.54, 1.807) is 17.2 Å². The molecule has 2 rings (SSSR count). The number of aldehydes is 1. The molecule has 124 valence electrons. The minimum atomic E-state index is 0.322. The van der Waals surface area contributed by atoms with Crippen molar-refractivity contribution in [3.05, 3.63) is 58.2 Å². The van der Waals surface area contributed by atoms with E-state index < -0.39 is 0 Å². The molecule has 0 fully saturated rings. The minimum absolute atomic E-state index is 0.322. The summed E-state index contributed by atoms with van der Waals surface area (Å²) < 4.78 is 0. The first-order valence-corrected chi connectivity index (χ1v) is 8.84. The van der Waals surface area contributed by atoms with Crippen LogP contribution in [0.4, 0.5) is 0 Å². The Bertz CT molecular complexity index is 606. The Balaban J connectivity index is 2.25. The van der Waals surface area contributed by atoms with Gasteiger partial charge in [0, 0.05) is 0 Å². The van der Waals surface area contributed by atoms with E-state index in [1.165, 1.54) is 49.7 Å². The maximum atomic E-state index is 10.5. The van der Waals surface area contributed by atoms with Crippen LogP contribution in [0.15, 0.2) is 58.2 Å². The largest absolute Gasteiger partial charge is 0.299 e. The van der Waals surface area contributed by atoms with Crippen molar-refractivity contribution in [3.63, 3.8) is 0 Å². The summed E-state index contributed by atoms with van der Waals surface area (Å²) >= 11 is 0. The molecular weight excluding hydrogens is 280 g/mol. The lowest BCUT2D eigenvalue weighted by molar-refractivity contribution is -0.104. The summed E-state index contributed by atoms with van der Waals surface area (Å²) in [6, 6.07) is 0. The van der Waals surface area contributed by atoms with Crippen molar-refractivity contribution < 1.29 is 4.79 Å². The third kappa shape index (κ3) is 4.67. The van der Waals surface area contributed by atoms with E-state index in [0.29, 0.717) is 5.41 Å². The van der Waals surface area contributed by atoms with Gasteiger partial charge in [-0.1, -0.05) is 43.7 Å². The molecular formula is C22H30O. The predicted molar refractivity (Wildman–Crippen MR) is 99.3 cm³/mol. The normalized spacial score (nSPS) is 22.7. The average Bonchev–Trinajstić information content (AvgIpc) is 2.70. The van der Waals surface area contributed by atoms with Crippen LogP contribution in [-0.4, -0.2) is 6.29 Å². The van der Waals surface area contributed by atoms with Crippen molar-refractivity contribution in [1.82, 2.24) is 0 Å². The highest BCUT2D eigenvalue weighted by molar-refractivity contribution is 5.67. The molecule has 23 heavy (non-hydrogen) atoms. The Morgan fingerprint density at radius 3 is 2.57 bits per heavy atom. The number of carbonyl (C=O) groups is 1. The molecule has 1 nitrogen and oxygen atoms in total. The van der Waals surface area contributed by atoms with E-state index in [9.17, 15) is 4.79 Å². The van der Waals surface area contributed by atoms with E-state index in [4.69, 9.17) is 0 Å². The molecule has 0 N–H and O–H groups in total. The maximum absolute atomic E-state index is 10.5. The summed E-state index contributed by atoms with van der Waals surface area (Å²) in [6.45, 7) is 8.94. The SMILES string of the molecule is C/C(=C/C=C/C(C)=C/C=O)C1=CC2=C(CCC1)CCCC2(C)C. The molecule has 0 heterocycles. The molecule has 0 aliphatic heterocycles. The predicted octanol–water partition coefficient (Wildman–Crippen LogP) is 6.25. The fraction of sp³-hybridized carbons (Fsp3) is 0.500.